The van der Waals surface area contributed by atoms with Crippen molar-refractivity contribution < 1.29 is 19.7 Å². The molecule has 0 spiro atoms. The molecule has 1 amide bonds. The van der Waals surface area contributed by atoms with Crippen LogP contribution in [-0.2, 0) is 0 Å². The third kappa shape index (κ3) is 3.98. The van der Waals surface area contributed by atoms with Gasteiger partial charge in [0.2, 0.25) is 5.88 Å². The molecule has 1 aliphatic heterocycles. The van der Waals surface area contributed by atoms with Crippen LogP contribution in [0.25, 0.3) is 0 Å². The molecule has 2 aromatic rings. The molecule has 1 fully saturated rings. The number of ether oxygens (including phenoxy) is 2. The Balaban J connectivity index is 1.46. The average molecular weight is 380 g/mol. The lowest BCUT2D eigenvalue weighted by Crippen LogP contribution is -2.70. The maximum absolute atomic E-state index is 11.9. The summed E-state index contributed by atoms with van der Waals surface area (Å²) in [5.74, 6) is 0.926. The van der Waals surface area contributed by atoms with Crippen LogP contribution in [-0.4, -0.2) is 35.2 Å². The van der Waals surface area contributed by atoms with E-state index in [1.165, 1.54) is 4.90 Å². The highest BCUT2D eigenvalue weighted by atomic mass is 79.9. The van der Waals surface area contributed by atoms with Crippen molar-refractivity contribution in [3.8, 4) is 11.6 Å². The van der Waals surface area contributed by atoms with Gasteiger partial charge >= 0.3 is 6.09 Å². The van der Waals surface area contributed by atoms with Gasteiger partial charge in [-0.15, -0.1) is 0 Å². The Kier molecular flexibility index (Phi) is 4.75. The largest absolute Gasteiger partial charge is 0.630 e. The quantitative estimate of drug-likeness (QED) is 0.645. The predicted octanol–water partition coefficient (Wildman–Crippen LogP) is 1.80. The fourth-order valence-corrected chi connectivity index (χ4v) is 2.28. The molecule has 23 heavy (non-hydrogen) atoms. The minimum Gasteiger partial charge on any atom is -0.630 e. The number of rotatable bonds is 4. The average Bonchev–Trinajstić information content (AvgIpc) is 2.53. The number of halogens is 1. The molecule has 0 unspecified atom stereocenters. The maximum atomic E-state index is 11.9. The van der Waals surface area contributed by atoms with Crippen LogP contribution in [0.2, 0.25) is 0 Å². The first-order chi connectivity index (χ1) is 11.1. The lowest BCUT2D eigenvalue weighted by atomic mass is 10.2. The van der Waals surface area contributed by atoms with Crippen LogP contribution in [0.15, 0.2) is 47.1 Å². The molecule has 2 heterocycles. The van der Waals surface area contributed by atoms with Crippen LogP contribution in [0.4, 0.5) is 10.5 Å². The Hall–Kier alpha value is -2.16. The predicted molar refractivity (Wildman–Crippen MR) is 85.3 cm³/mol. The van der Waals surface area contributed by atoms with Crippen molar-refractivity contribution in [1.82, 2.24) is 9.88 Å². The summed E-state index contributed by atoms with van der Waals surface area (Å²) in [4.78, 5) is 17.6. The van der Waals surface area contributed by atoms with E-state index in [0.717, 1.165) is 9.95 Å². The number of hydrogen-bond donors (Lipinski definition) is 1. The third-order valence-corrected chi connectivity index (χ3v) is 3.78. The minimum atomic E-state index is -0.438. The van der Waals surface area contributed by atoms with Crippen molar-refractivity contribution in [3.05, 3.63) is 52.3 Å². The van der Waals surface area contributed by atoms with Crippen molar-refractivity contribution in [2.75, 3.05) is 13.1 Å². The second-order valence-corrected chi connectivity index (χ2v) is 5.93. The first-order valence-electron chi connectivity index (χ1n) is 6.94. The summed E-state index contributed by atoms with van der Waals surface area (Å²) in [5.41, 5.74) is 1.27. The number of aromatic nitrogens is 1. The highest BCUT2D eigenvalue weighted by Gasteiger charge is 2.33. The summed E-state index contributed by atoms with van der Waals surface area (Å²) in [6.45, 7) is 0.895. The van der Waals surface area contributed by atoms with Gasteiger partial charge in [-0.25, -0.2) is 9.78 Å². The third-order valence-electron chi connectivity index (χ3n) is 3.32. The normalized spacial score (nSPS) is 14.3. The Labute approximate surface area is 140 Å². The SMILES string of the molecule is O=C(Oc1ccc([NH2+][O-])cc1)N1CC(Oc2ccc(Br)cn2)C1. The maximum Gasteiger partial charge on any atom is 0.415 e. The number of likely N-dealkylation sites (tertiary alicyclic amines) is 1. The van der Waals surface area contributed by atoms with Gasteiger partial charge in [-0.2, -0.15) is 0 Å². The molecule has 120 valence electrons. The molecule has 1 saturated heterocycles. The molecule has 8 heteroatoms. The Morgan fingerprint density at radius 3 is 2.61 bits per heavy atom. The van der Waals surface area contributed by atoms with E-state index in [-0.39, 0.29) is 6.10 Å². The number of benzene rings is 1. The Bertz CT molecular complexity index is 672. The second kappa shape index (κ2) is 6.95. The molecule has 2 N–H and O–H groups in total. The van der Waals surface area contributed by atoms with E-state index >= 15 is 0 Å². The van der Waals surface area contributed by atoms with Crippen molar-refractivity contribution in [2.24, 2.45) is 0 Å². The second-order valence-electron chi connectivity index (χ2n) is 5.01. The summed E-state index contributed by atoms with van der Waals surface area (Å²) < 4.78 is 11.8. The molecule has 0 aliphatic carbocycles. The van der Waals surface area contributed by atoms with E-state index in [0.29, 0.717) is 30.4 Å². The van der Waals surface area contributed by atoms with Gasteiger partial charge in [-0.1, -0.05) is 0 Å². The van der Waals surface area contributed by atoms with Crippen molar-refractivity contribution in [1.29, 1.82) is 0 Å². The zero-order valence-electron chi connectivity index (χ0n) is 12.0. The molecule has 1 aliphatic rings. The van der Waals surface area contributed by atoms with E-state index in [2.05, 4.69) is 20.9 Å². The number of nitrogens with zero attached hydrogens (tertiary/aromatic N) is 2. The molecule has 7 nitrogen and oxygen atoms in total. The van der Waals surface area contributed by atoms with Gasteiger partial charge in [-0.05, 0) is 34.1 Å². The van der Waals surface area contributed by atoms with Gasteiger partial charge in [0.1, 0.15) is 17.5 Å². The monoisotopic (exact) mass is 379 g/mol. The number of pyridine rings is 1. The Morgan fingerprint density at radius 1 is 1.26 bits per heavy atom. The van der Waals surface area contributed by atoms with E-state index in [9.17, 15) is 10.0 Å². The topological polar surface area (TPSA) is 91.3 Å². The van der Waals surface area contributed by atoms with Crippen molar-refractivity contribution in [2.45, 2.75) is 6.10 Å². The van der Waals surface area contributed by atoms with Gasteiger partial charge in [0.15, 0.2) is 0 Å². The molecule has 1 aromatic heterocycles. The molecular weight excluding hydrogens is 366 g/mol. The fraction of sp³-hybridized carbons (Fsp3) is 0.200. The number of carbonyl (C=O) groups excluding carboxylic acids is 1. The highest BCUT2D eigenvalue weighted by molar-refractivity contribution is 9.10. The van der Waals surface area contributed by atoms with Crippen molar-refractivity contribution in [3.63, 3.8) is 0 Å². The number of nitrogens with two attached hydrogens (primary N) is 1. The van der Waals surface area contributed by atoms with E-state index in [1.54, 1.807) is 36.5 Å². The molecule has 0 radical (unpaired) electrons. The zero-order valence-corrected chi connectivity index (χ0v) is 13.6. The molecular formula is C15H14BrN3O4. The summed E-state index contributed by atoms with van der Waals surface area (Å²) in [6, 6.07) is 9.96. The highest BCUT2D eigenvalue weighted by Crippen LogP contribution is 2.20. The summed E-state index contributed by atoms with van der Waals surface area (Å²) in [6.07, 6.45) is 1.13. The van der Waals surface area contributed by atoms with Gasteiger partial charge < -0.3 is 25.1 Å². The number of carbonyl (C=O) groups is 1. The minimum absolute atomic E-state index is 0.0892. The summed E-state index contributed by atoms with van der Waals surface area (Å²) >= 11 is 3.31. The molecule has 0 atom stereocenters. The van der Waals surface area contributed by atoms with E-state index in [1.807, 2.05) is 6.07 Å². The standard InChI is InChI=1S/C15H14BrN3O4/c16-10-1-6-14(17-7-10)22-13-8-19(9-13)15(20)23-12-4-2-11(18-21)3-5-12/h1-7,13H,8-9,18H2. The fourth-order valence-electron chi connectivity index (χ4n) is 2.04. The molecule has 3 rings (SSSR count). The molecule has 1 aromatic carbocycles. The first kappa shape index (κ1) is 15.7. The zero-order chi connectivity index (χ0) is 16.2. The van der Waals surface area contributed by atoms with Gasteiger partial charge in [0.05, 0.1) is 13.1 Å². The van der Waals surface area contributed by atoms with Gasteiger partial charge in [0.25, 0.3) is 0 Å². The molecule has 0 bridgehead atoms. The van der Waals surface area contributed by atoms with E-state index in [4.69, 9.17) is 9.47 Å². The van der Waals surface area contributed by atoms with Crippen LogP contribution in [0.5, 0.6) is 11.6 Å². The van der Waals surface area contributed by atoms with Crippen LogP contribution in [0.3, 0.4) is 0 Å². The summed E-state index contributed by atoms with van der Waals surface area (Å²) in [5, 5.41) is 10.6. The van der Waals surface area contributed by atoms with Crippen LogP contribution in [0, 0.1) is 5.21 Å². The number of hydrogen-bond acceptors (Lipinski definition) is 5. The van der Waals surface area contributed by atoms with Crippen LogP contribution >= 0.6 is 15.9 Å². The lowest BCUT2D eigenvalue weighted by Gasteiger charge is -2.37. The van der Waals surface area contributed by atoms with Crippen LogP contribution in [0.1, 0.15) is 0 Å². The van der Waals surface area contributed by atoms with Gasteiger partial charge in [-0.3, -0.25) is 0 Å². The first-order valence-corrected chi connectivity index (χ1v) is 7.73. The van der Waals surface area contributed by atoms with Crippen molar-refractivity contribution >= 4 is 27.7 Å². The molecule has 0 saturated carbocycles. The smallest absolute Gasteiger partial charge is 0.415 e. The van der Waals surface area contributed by atoms with Crippen LogP contribution < -0.4 is 15.0 Å². The summed E-state index contributed by atoms with van der Waals surface area (Å²) in [7, 11) is 0. The van der Waals surface area contributed by atoms with E-state index < -0.39 is 6.09 Å². The number of amides is 1. The lowest BCUT2D eigenvalue weighted by molar-refractivity contribution is -0.497. The van der Waals surface area contributed by atoms with Gasteiger partial charge in [0, 0.05) is 28.9 Å². The number of quaternary nitrogens is 1. The Morgan fingerprint density at radius 2 is 2.00 bits per heavy atom.